The van der Waals surface area contributed by atoms with Crippen LogP contribution in [0.1, 0.15) is 38.5 Å². The van der Waals surface area contributed by atoms with E-state index in [2.05, 4.69) is 10.6 Å². The topological polar surface area (TPSA) is 93.5 Å². The Morgan fingerprint density at radius 1 is 1.21 bits per heavy atom. The molecule has 0 heterocycles. The number of amides is 2. The van der Waals surface area contributed by atoms with Gasteiger partial charge in [-0.1, -0.05) is 19.3 Å². The standard InChI is InChI=1S/C17H25N3O3.ClH/c1-23-15-8-7-13(10-14(15)18)20-17(22)11-19-16(21)9-12-5-3-2-4-6-12;/h7-8,10,12H,2-6,9,11,18H2,1H3,(H,19,21)(H,20,22);1H. The predicted octanol–water partition coefficient (Wildman–Crippen LogP) is 2.72. The summed E-state index contributed by atoms with van der Waals surface area (Å²) in [7, 11) is 1.53. The van der Waals surface area contributed by atoms with Crippen molar-refractivity contribution >= 4 is 35.6 Å². The Hall–Kier alpha value is -1.95. The van der Waals surface area contributed by atoms with Gasteiger partial charge in [-0.3, -0.25) is 9.59 Å². The molecule has 1 saturated carbocycles. The zero-order valence-corrected chi connectivity index (χ0v) is 14.8. The van der Waals surface area contributed by atoms with E-state index in [1.54, 1.807) is 18.2 Å². The van der Waals surface area contributed by atoms with Crippen LogP contribution in [0.15, 0.2) is 18.2 Å². The smallest absolute Gasteiger partial charge is 0.243 e. The minimum Gasteiger partial charge on any atom is -0.495 e. The summed E-state index contributed by atoms with van der Waals surface area (Å²) in [4.78, 5) is 23.8. The van der Waals surface area contributed by atoms with Gasteiger partial charge in [0, 0.05) is 12.1 Å². The number of carbonyl (C=O) groups excluding carboxylic acids is 2. The Kier molecular flexibility index (Phi) is 8.40. The van der Waals surface area contributed by atoms with Crippen LogP contribution < -0.4 is 21.1 Å². The molecule has 0 spiro atoms. The molecule has 4 N–H and O–H groups in total. The number of rotatable bonds is 6. The first-order chi connectivity index (χ1) is 11.1. The van der Waals surface area contributed by atoms with Gasteiger partial charge >= 0.3 is 0 Å². The minimum atomic E-state index is -0.272. The van der Waals surface area contributed by atoms with Gasteiger partial charge in [0.2, 0.25) is 11.8 Å². The van der Waals surface area contributed by atoms with Crippen molar-refractivity contribution in [1.29, 1.82) is 0 Å². The van der Waals surface area contributed by atoms with Gasteiger partial charge in [0.25, 0.3) is 0 Å². The molecule has 1 aliphatic carbocycles. The number of anilines is 2. The fourth-order valence-corrected chi connectivity index (χ4v) is 2.92. The lowest BCUT2D eigenvalue weighted by Gasteiger charge is -2.20. The Balaban J connectivity index is 0.00000288. The minimum absolute atomic E-state index is 0. The van der Waals surface area contributed by atoms with Crippen molar-refractivity contribution in [2.45, 2.75) is 38.5 Å². The quantitative estimate of drug-likeness (QED) is 0.684. The van der Waals surface area contributed by atoms with Crippen LogP contribution in [-0.4, -0.2) is 25.5 Å². The SMILES string of the molecule is COc1ccc(NC(=O)CNC(=O)CC2CCCCC2)cc1N.Cl. The molecule has 134 valence electrons. The Morgan fingerprint density at radius 3 is 2.54 bits per heavy atom. The third-order valence-electron chi connectivity index (χ3n) is 4.16. The largest absolute Gasteiger partial charge is 0.495 e. The van der Waals surface area contributed by atoms with Crippen molar-refractivity contribution in [3.05, 3.63) is 18.2 Å². The second kappa shape index (κ2) is 10.0. The van der Waals surface area contributed by atoms with E-state index in [0.717, 1.165) is 12.8 Å². The summed E-state index contributed by atoms with van der Waals surface area (Å²) >= 11 is 0. The van der Waals surface area contributed by atoms with E-state index < -0.39 is 0 Å². The number of halogens is 1. The molecule has 2 amide bonds. The molecule has 0 saturated heterocycles. The van der Waals surface area contributed by atoms with Gasteiger partial charge in [-0.05, 0) is 37.0 Å². The van der Waals surface area contributed by atoms with Crippen molar-refractivity contribution < 1.29 is 14.3 Å². The van der Waals surface area contributed by atoms with Crippen LogP contribution in [-0.2, 0) is 9.59 Å². The second-order valence-corrected chi connectivity index (χ2v) is 5.99. The number of ether oxygens (including phenoxy) is 1. The van der Waals surface area contributed by atoms with E-state index in [1.807, 2.05) is 0 Å². The van der Waals surface area contributed by atoms with Gasteiger partial charge in [0.15, 0.2) is 0 Å². The molecule has 0 atom stereocenters. The first-order valence-electron chi connectivity index (χ1n) is 8.08. The lowest BCUT2D eigenvalue weighted by molar-refractivity contribution is -0.125. The van der Waals surface area contributed by atoms with Crippen LogP contribution >= 0.6 is 12.4 Å². The molecule has 6 nitrogen and oxygen atoms in total. The Labute approximate surface area is 148 Å². The number of carbonyl (C=O) groups is 2. The zero-order valence-electron chi connectivity index (χ0n) is 14.0. The lowest BCUT2D eigenvalue weighted by Crippen LogP contribution is -2.34. The lowest BCUT2D eigenvalue weighted by atomic mass is 9.87. The van der Waals surface area contributed by atoms with Gasteiger partial charge < -0.3 is 21.1 Å². The van der Waals surface area contributed by atoms with Gasteiger partial charge in [-0.15, -0.1) is 12.4 Å². The highest BCUT2D eigenvalue weighted by Gasteiger charge is 2.17. The first-order valence-corrected chi connectivity index (χ1v) is 8.08. The molecular formula is C17H26ClN3O3. The van der Waals surface area contributed by atoms with E-state index in [9.17, 15) is 9.59 Å². The number of nitrogens with two attached hydrogens (primary N) is 1. The summed E-state index contributed by atoms with van der Waals surface area (Å²) in [6, 6.07) is 5.02. The summed E-state index contributed by atoms with van der Waals surface area (Å²) in [6.07, 6.45) is 6.43. The maximum Gasteiger partial charge on any atom is 0.243 e. The highest BCUT2D eigenvalue weighted by Crippen LogP contribution is 2.26. The highest BCUT2D eigenvalue weighted by atomic mass is 35.5. The van der Waals surface area contributed by atoms with Gasteiger partial charge in [-0.25, -0.2) is 0 Å². The number of methoxy groups -OCH3 is 1. The monoisotopic (exact) mass is 355 g/mol. The molecule has 0 aromatic heterocycles. The van der Waals surface area contributed by atoms with E-state index in [0.29, 0.717) is 29.5 Å². The number of benzene rings is 1. The Morgan fingerprint density at radius 2 is 1.92 bits per heavy atom. The molecule has 0 aliphatic heterocycles. The normalized spacial score (nSPS) is 14.4. The van der Waals surface area contributed by atoms with Crippen molar-refractivity contribution in [3.63, 3.8) is 0 Å². The molecule has 2 rings (SSSR count). The third kappa shape index (κ3) is 6.28. The fourth-order valence-electron chi connectivity index (χ4n) is 2.92. The molecule has 1 fully saturated rings. The molecule has 24 heavy (non-hydrogen) atoms. The number of nitrogens with one attached hydrogen (secondary N) is 2. The molecule has 1 aromatic rings. The third-order valence-corrected chi connectivity index (χ3v) is 4.16. The molecule has 1 aliphatic rings. The van der Waals surface area contributed by atoms with Crippen LogP contribution in [0.4, 0.5) is 11.4 Å². The van der Waals surface area contributed by atoms with Crippen LogP contribution in [0, 0.1) is 5.92 Å². The number of nitrogen functional groups attached to an aromatic ring is 1. The molecule has 0 unspecified atom stereocenters. The van der Waals surface area contributed by atoms with E-state index in [1.165, 1.54) is 26.4 Å². The summed E-state index contributed by atoms with van der Waals surface area (Å²) in [5, 5.41) is 5.38. The Bertz CT molecular complexity index is 560. The van der Waals surface area contributed by atoms with Crippen molar-refractivity contribution in [2.24, 2.45) is 5.92 Å². The van der Waals surface area contributed by atoms with Crippen LogP contribution in [0.3, 0.4) is 0 Å². The van der Waals surface area contributed by atoms with E-state index >= 15 is 0 Å². The van der Waals surface area contributed by atoms with Gasteiger partial charge in [0.05, 0.1) is 19.3 Å². The van der Waals surface area contributed by atoms with Crippen molar-refractivity contribution in [2.75, 3.05) is 24.7 Å². The van der Waals surface area contributed by atoms with E-state index in [4.69, 9.17) is 10.5 Å². The maximum atomic E-state index is 11.9. The predicted molar refractivity (Wildman–Crippen MR) is 97.5 cm³/mol. The van der Waals surface area contributed by atoms with Crippen molar-refractivity contribution in [3.8, 4) is 5.75 Å². The van der Waals surface area contributed by atoms with Gasteiger partial charge in [0.1, 0.15) is 5.75 Å². The summed E-state index contributed by atoms with van der Waals surface area (Å²) < 4.78 is 5.06. The van der Waals surface area contributed by atoms with Crippen LogP contribution in [0.25, 0.3) is 0 Å². The average molecular weight is 356 g/mol. The maximum absolute atomic E-state index is 11.9. The first kappa shape index (κ1) is 20.1. The summed E-state index contributed by atoms with van der Waals surface area (Å²) in [5.41, 5.74) is 6.82. The summed E-state index contributed by atoms with van der Waals surface area (Å²) in [6.45, 7) is -0.0303. The molecule has 7 heteroatoms. The molecule has 0 radical (unpaired) electrons. The van der Waals surface area contributed by atoms with Crippen LogP contribution in [0.5, 0.6) is 5.75 Å². The molecule has 1 aromatic carbocycles. The number of hydrogen-bond acceptors (Lipinski definition) is 4. The highest BCUT2D eigenvalue weighted by molar-refractivity contribution is 5.95. The van der Waals surface area contributed by atoms with Crippen molar-refractivity contribution in [1.82, 2.24) is 5.32 Å². The molecule has 0 bridgehead atoms. The number of hydrogen-bond donors (Lipinski definition) is 3. The fraction of sp³-hybridized carbons (Fsp3) is 0.529. The van der Waals surface area contributed by atoms with E-state index in [-0.39, 0.29) is 30.8 Å². The second-order valence-electron chi connectivity index (χ2n) is 5.99. The molecular weight excluding hydrogens is 330 g/mol. The summed E-state index contributed by atoms with van der Waals surface area (Å²) in [5.74, 6) is 0.699. The van der Waals surface area contributed by atoms with Crippen LogP contribution in [0.2, 0.25) is 0 Å². The zero-order chi connectivity index (χ0) is 16.7. The average Bonchev–Trinajstić information content (AvgIpc) is 2.54. The van der Waals surface area contributed by atoms with Gasteiger partial charge in [-0.2, -0.15) is 0 Å².